The first-order valence-corrected chi connectivity index (χ1v) is 9.98. The number of fused-ring (bicyclic) bond motifs is 1. The highest BCUT2D eigenvalue weighted by Gasteiger charge is 2.35. The molecule has 0 bridgehead atoms. The first kappa shape index (κ1) is 18.3. The van der Waals surface area contributed by atoms with Gasteiger partial charge in [-0.15, -0.1) is 0 Å². The van der Waals surface area contributed by atoms with Gasteiger partial charge < -0.3 is 10.00 Å². The highest BCUT2D eigenvalue weighted by Crippen LogP contribution is 2.54. The Balaban J connectivity index is 1.96. The molecule has 3 atom stereocenters. The summed E-state index contributed by atoms with van der Waals surface area (Å²) in [5.74, 6) is -1.20. The van der Waals surface area contributed by atoms with Crippen LogP contribution < -0.4 is 5.09 Å². The lowest BCUT2D eigenvalue weighted by atomic mass is 10.0. The molecule has 0 fully saturated rings. The van der Waals surface area contributed by atoms with Crippen molar-refractivity contribution in [2.24, 2.45) is 0 Å². The first-order valence-electron chi connectivity index (χ1n) is 8.26. The Hall–Kier alpha value is -2.46. The maximum Gasteiger partial charge on any atom is 0.325 e. The van der Waals surface area contributed by atoms with Gasteiger partial charge >= 0.3 is 5.97 Å². The molecule has 3 rings (SSSR count). The van der Waals surface area contributed by atoms with Crippen LogP contribution >= 0.6 is 7.52 Å². The van der Waals surface area contributed by atoms with Crippen molar-refractivity contribution in [1.29, 1.82) is 0 Å². The summed E-state index contributed by atoms with van der Waals surface area (Å²) in [6.45, 7) is 1.64. The quantitative estimate of drug-likeness (QED) is 0.557. The van der Waals surface area contributed by atoms with Crippen molar-refractivity contribution in [3.8, 4) is 0 Å². The van der Waals surface area contributed by atoms with Crippen LogP contribution in [0.4, 0.5) is 0 Å². The third-order valence-corrected chi connectivity index (χ3v) is 6.45. The Morgan fingerprint density at radius 2 is 1.58 bits per heavy atom. The van der Waals surface area contributed by atoms with E-state index in [1.165, 1.54) is 0 Å². The minimum atomic E-state index is -4.02. The number of carboxylic acid groups (broad SMARTS) is 1. The molecule has 0 spiro atoms. The van der Waals surface area contributed by atoms with Gasteiger partial charge in [0.1, 0.15) is 6.04 Å². The van der Waals surface area contributed by atoms with Crippen LogP contribution in [0.3, 0.4) is 0 Å². The molecule has 0 radical (unpaired) electrons. The minimum Gasteiger partial charge on any atom is -0.480 e. The fourth-order valence-corrected chi connectivity index (χ4v) is 4.47. The third kappa shape index (κ3) is 3.70. The summed E-state index contributed by atoms with van der Waals surface area (Å²) in [5, 5.41) is 13.9. The summed E-state index contributed by atoms with van der Waals surface area (Å²) in [6.07, 6.45) is 0. The van der Waals surface area contributed by atoms with E-state index in [0.29, 0.717) is 11.1 Å². The lowest BCUT2D eigenvalue weighted by Crippen LogP contribution is -2.27. The lowest BCUT2D eigenvalue weighted by Gasteiger charge is -2.25. The highest BCUT2D eigenvalue weighted by atomic mass is 31.2. The molecule has 0 aromatic heterocycles. The number of rotatable bonds is 6. The van der Waals surface area contributed by atoms with Gasteiger partial charge in [0, 0.05) is 0 Å². The molecular weight excluding hydrogens is 349 g/mol. The predicted molar refractivity (Wildman–Crippen MR) is 102 cm³/mol. The van der Waals surface area contributed by atoms with Gasteiger partial charge in [0.05, 0.1) is 5.66 Å². The second-order valence-electron chi connectivity index (χ2n) is 6.18. The molecule has 0 saturated carbocycles. The molecule has 0 aliphatic heterocycles. The van der Waals surface area contributed by atoms with E-state index in [4.69, 9.17) is 0 Å². The molecule has 3 aromatic carbocycles. The molecule has 3 aromatic rings. The number of hydrogen-bond donors (Lipinski definition) is 3. The Morgan fingerprint density at radius 1 is 0.962 bits per heavy atom. The molecule has 0 aliphatic carbocycles. The molecule has 0 aliphatic rings. The summed E-state index contributed by atoms with van der Waals surface area (Å²) in [6, 6.07) is 20.3. The number of benzene rings is 3. The molecule has 26 heavy (non-hydrogen) atoms. The van der Waals surface area contributed by atoms with Gasteiger partial charge in [0.2, 0.25) is 0 Å². The Labute approximate surface area is 151 Å². The zero-order valence-corrected chi connectivity index (χ0v) is 15.1. The zero-order chi connectivity index (χ0) is 18.7. The van der Waals surface area contributed by atoms with E-state index >= 15 is 0 Å². The summed E-state index contributed by atoms with van der Waals surface area (Å²) in [5.41, 5.74) is 0.372. The van der Waals surface area contributed by atoms with Gasteiger partial charge in [0.15, 0.2) is 0 Å². The standard InChI is InChI=1S/C20H20NO4P/c1-14(17-13-7-11-15-8-5-6-12-18(15)17)26(24,25)21-19(20(22)23)16-9-3-2-4-10-16/h2-14,19H,1H3,(H,22,23)(H2,21,24,25). The maximum absolute atomic E-state index is 13.0. The van der Waals surface area contributed by atoms with E-state index < -0.39 is 25.2 Å². The average Bonchev–Trinajstić information content (AvgIpc) is 2.65. The van der Waals surface area contributed by atoms with Gasteiger partial charge in [-0.3, -0.25) is 9.36 Å². The molecule has 3 unspecified atom stereocenters. The second-order valence-corrected chi connectivity index (χ2v) is 8.46. The van der Waals surface area contributed by atoms with Gasteiger partial charge in [-0.05, 0) is 28.8 Å². The Bertz CT molecular complexity index is 968. The zero-order valence-electron chi connectivity index (χ0n) is 14.2. The number of nitrogens with one attached hydrogen (secondary N) is 1. The average molecular weight is 369 g/mol. The van der Waals surface area contributed by atoms with Gasteiger partial charge in [-0.2, -0.15) is 0 Å². The molecule has 6 heteroatoms. The Kier molecular flexibility index (Phi) is 5.23. The first-order chi connectivity index (χ1) is 12.4. The molecule has 3 N–H and O–H groups in total. The molecule has 0 saturated heterocycles. The topological polar surface area (TPSA) is 86.6 Å². The molecular formula is C20H20NO4P. The van der Waals surface area contributed by atoms with Gasteiger partial charge in [-0.25, -0.2) is 5.09 Å². The Morgan fingerprint density at radius 3 is 2.27 bits per heavy atom. The van der Waals surface area contributed by atoms with Crippen LogP contribution in [0.5, 0.6) is 0 Å². The van der Waals surface area contributed by atoms with Gasteiger partial charge in [0.25, 0.3) is 7.52 Å². The SMILES string of the molecule is CC(c1cccc2ccccc12)P(=O)(O)NC(C(=O)O)c1ccccc1. The summed E-state index contributed by atoms with van der Waals surface area (Å²) in [7, 11) is -4.02. The molecule has 0 heterocycles. The largest absolute Gasteiger partial charge is 0.480 e. The van der Waals surface area contributed by atoms with Crippen molar-refractivity contribution >= 4 is 24.3 Å². The van der Waals surface area contributed by atoms with Crippen LogP contribution in [0, 0.1) is 0 Å². The maximum atomic E-state index is 13.0. The monoisotopic (exact) mass is 369 g/mol. The predicted octanol–water partition coefficient (Wildman–Crippen LogP) is 4.50. The smallest absolute Gasteiger partial charge is 0.325 e. The van der Waals surface area contributed by atoms with E-state index in [2.05, 4.69) is 5.09 Å². The van der Waals surface area contributed by atoms with Crippen molar-refractivity contribution in [2.75, 3.05) is 0 Å². The number of carboxylic acids is 1. The van der Waals surface area contributed by atoms with Crippen LogP contribution in [-0.4, -0.2) is 16.0 Å². The molecule has 134 valence electrons. The normalized spacial score (nSPS) is 15.9. The minimum absolute atomic E-state index is 0.430. The fraction of sp³-hybridized carbons (Fsp3) is 0.150. The van der Waals surface area contributed by atoms with E-state index in [0.717, 1.165) is 10.8 Å². The van der Waals surface area contributed by atoms with Crippen LogP contribution in [0.2, 0.25) is 0 Å². The van der Waals surface area contributed by atoms with Crippen LogP contribution in [0.25, 0.3) is 10.8 Å². The summed E-state index contributed by atoms with van der Waals surface area (Å²) >= 11 is 0. The van der Waals surface area contributed by atoms with Crippen LogP contribution in [0.15, 0.2) is 72.8 Å². The van der Waals surface area contributed by atoms with E-state index in [1.807, 2.05) is 36.4 Å². The third-order valence-electron chi connectivity index (χ3n) is 4.49. The number of hydrogen-bond acceptors (Lipinski definition) is 2. The van der Waals surface area contributed by atoms with E-state index in [-0.39, 0.29) is 0 Å². The summed E-state index contributed by atoms with van der Waals surface area (Å²) < 4.78 is 13.0. The fourth-order valence-electron chi connectivity index (χ4n) is 3.02. The van der Waals surface area contributed by atoms with E-state index in [9.17, 15) is 19.4 Å². The second kappa shape index (κ2) is 7.42. The van der Waals surface area contributed by atoms with Crippen molar-refractivity contribution in [2.45, 2.75) is 18.6 Å². The summed E-state index contributed by atoms with van der Waals surface area (Å²) in [4.78, 5) is 22.3. The van der Waals surface area contributed by atoms with Crippen molar-refractivity contribution in [1.82, 2.24) is 5.09 Å². The molecule has 5 nitrogen and oxygen atoms in total. The molecule has 0 amide bonds. The van der Waals surface area contributed by atoms with Crippen molar-refractivity contribution in [3.63, 3.8) is 0 Å². The lowest BCUT2D eigenvalue weighted by molar-refractivity contribution is -0.139. The van der Waals surface area contributed by atoms with Gasteiger partial charge in [-0.1, -0.05) is 72.8 Å². The van der Waals surface area contributed by atoms with Crippen molar-refractivity contribution in [3.05, 3.63) is 83.9 Å². The number of carbonyl (C=O) groups is 1. The highest BCUT2D eigenvalue weighted by molar-refractivity contribution is 7.56. The van der Waals surface area contributed by atoms with Crippen LogP contribution in [-0.2, 0) is 9.36 Å². The van der Waals surface area contributed by atoms with Crippen LogP contribution in [0.1, 0.15) is 29.8 Å². The van der Waals surface area contributed by atoms with Crippen molar-refractivity contribution < 1.29 is 19.4 Å². The number of aliphatic carboxylic acids is 1. The van der Waals surface area contributed by atoms with E-state index in [1.54, 1.807) is 43.3 Å².